The minimum Gasteiger partial charge on any atom is -0.464 e. The van der Waals surface area contributed by atoms with Gasteiger partial charge in [0.05, 0.1) is 18.1 Å². The molecule has 10 nitrogen and oxygen atoms in total. The van der Waals surface area contributed by atoms with Crippen LogP contribution in [-0.2, 0) is 22.6 Å². The molecule has 10 heteroatoms. The SMILES string of the molecule is COCCN(CC(=O)N(Cc1ccccc1)Cc1ccc(C)o1)C(=O)Nc1ccc([N+](=O)[O-])cc1. The fraction of sp³-hybridized carbons (Fsp3) is 0.280. The van der Waals surface area contributed by atoms with Crippen molar-refractivity contribution in [2.75, 3.05) is 32.1 Å². The summed E-state index contributed by atoms with van der Waals surface area (Å²) >= 11 is 0. The summed E-state index contributed by atoms with van der Waals surface area (Å²) in [6, 6.07) is 18.2. The first-order valence-electron chi connectivity index (χ1n) is 11.0. The maximum atomic E-state index is 13.4. The molecule has 3 rings (SSSR count). The van der Waals surface area contributed by atoms with E-state index in [9.17, 15) is 19.7 Å². The van der Waals surface area contributed by atoms with E-state index in [1.807, 2.05) is 49.4 Å². The lowest BCUT2D eigenvalue weighted by atomic mass is 10.2. The number of ether oxygens (including phenoxy) is 1. The van der Waals surface area contributed by atoms with E-state index < -0.39 is 11.0 Å². The first kappa shape index (κ1) is 25.4. The summed E-state index contributed by atoms with van der Waals surface area (Å²) in [6.07, 6.45) is 0. The van der Waals surface area contributed by atoms with E-state index in [2.05, 4.69) is 5.32 Å². The van der Waals surface area contributed by atoms with Gasteiger partial charge in [-0.05, 0) is 36.8 Å². The highest BCUT2D eigenvalue weighted by Crippen LogP contribution is 2.17. The van der Waals surface area contributed by atoms with Gasteiger partial charge in [-0.15, -0.1) is 0 Å². The van der Waals surface area contributed by atoms with E-state index in [4.69, 9.17) is 9.15 Å². The van der Waals surface area contributed by atoms with Crippen molar-refractivity contribution in [3.8, 4) is 0 Å². The third kappa shape index (κ3) is 7.68. The van der Waals surface area contributed by atoms with E-state index in [0.29, 0.717) is 18.0 Å². The summed E-state index contributed by atoms with van der Waals surface area (Å²) in [6.45, 7) is 2.67. The molecule has 184 valence electrons. The number of nitrogens with zero attached hydrogens (tertiary/aromatic N) is 3. The zero-order valence-corrected chi connectivity index (χ0v) is 19.7. The van der Waals surface area contributed by atoms with Gasteiger partial charge in [-0.1, -0.05) is 30.3 Å². The van der Waals surface area contributed by atoms with Gasteiger partial charge in [-0.2, -0.15) is 0 Å². The second kappa shape index (κ2) is 12.3. The van der Waals surface area contributed by atoms with Crippen LogP contribution in [0.15, 0.2) is 71.1 Å². The lowest BCUT2D eigenvalue weighted by Gasteiger charge is -2.27. The van der Waals surface area contributed by atoms with E-state index in [-0.39, 0.29) is 37.8 Å². The minimum absolute atomic E-state index is 0.0841. The Morgan fingerprint density at radius 2 is 1.71 bits per heavy atom. The Labute approximate surface area is 203 Å². The van der Waals surface area contributed by atoms with Crippen LogP contribution in [0, 0.1) is 17.0 Å². The molecule has 1 N–H and O–H groups in total. The van der Waals surface area contributed by atoms with Gasteiger partial charge in [0.15, 0.2) is 0 Å². The maximum Gasteiger partial charge on any atom is 0.322 e. The molecule has 0 fully saturated rings. The van der Waals surface area contributed by atoms with Crippen molar-refractivity contribution in [1.29, 1.82) is 0 Å². The molecule has 3 aromatic rings. The highest BCUT2D eigenvalue weighted by Gasteiger charge is 2.23. The highest BCUT2D eigenvalue weighted by atomic mass is 16.6. The molecule has 3 amide bonds. The summed E-state index contributed by atoms with van der Waals surface area (Å²) in [4.78, 5) is 39.6. The Bertz CT molecular complexity index is 1130. The lowest BCUT2D eigenvalue weighted by Crippen LogP contribution is -2.45. The third-order valence-corrected chi connectivity index (χ3v) is 5.22. The summed E-state index contributed by atoms with van der Waals surface area (Å²) in [5, 5.41) is 13.5. The lowest BCUT2D eigenvalue weighted by molar-refractivity contribution is -0.384. The van der Waals surface area contributed by atoms with Gasteiger partial charge in [-0.3, -0.25) is 14.9 Å². The average molecular weight is 481 g/mol. The van der Waals surface area contributed by atoms with Crippen molar-refractivity contribution in [3.63, 3.8) is 0 Å². The van der Waals surface area contributed by atoms with Crippen molar-refractivity contribution < 1.29 is 23.7 Å². The van der Waals surface area contributed by atoms with E-state index in [1.54, 1.807) is 4.90 Å². The van der Waals surface area contributed by atoms with Crippen LogP contribution in [0.5, 0.6) is 0 Å². The van der Waals surface area contributed by atoms with Gasteiger partial charge >= 0.3 is 6.03 Å². The molecule has 0 unspecified atom stereocenters. The average Bonchev–Trinajstić information content (AvgIpc) is 3.26. The largest absolute Gasteiger partial charge is 0.464 e. The number of anilines is 1. The number of carbonyl (C=O) groups is 2. The van der Waals surface area contributed by atoms with Crippen molar-refractivity contribution >= 4 is 23.3 Å². The molecule has 0 saturated carbocycles. The van der Waals surface area contributed by atoms with Crippen molar-refractivity contribution in [1.82, 2.24) is 9.80 Å². The molecule has 35 heavy (non-hydrogen) atoms. The molecule has 0 atom stereocenters. The van der Waals surface area contributed by atoms with Crippen LogP contribution in [-0.4, -0.2) is 53.5 Å². The Kier molecular flexibility index (Phi) is 8.96. The summed E-state index contributed by atoms with van der Waals surface area (Å²) in [5.74, 6) is 1.12. The highest BCUT2D eigenvalue weighted by molar-refractivity contribution is 5.92. The van der Waals surface area contributed by atoms with E-state index >= 15 is 0 Å². The summed E-state index contributed by atoms with van der Waals surface area (Å²) in [7, 11) is 1.51. The third-order valence-electron chi connectivity index (χ3n) is 5.22. The Morgan fingerprint density at radius 3 is 2.31 bits per heavy atom. The quantitative estimate of drug-likeness (QED) is 0.325. The van der Waals surface area contributed by atoms with Crippen LogP contribution in [0.25, 0.3) is 0 Å². The molecule has 1 heterocycles. The minimum atomic E-state index is -0.517. The molecule has 0 aliphatic carbocycles. The zero-order chi connectivity index (χ0) is 25.2. The van der Waals surface area contributed by atoms with Gasteiger partial charge in [0.2, 0.25) is 5.91 Å². The molecule has 0 saturated heterocycles. The molecule has 0 spiro atoms. The molecule has 1 aromatic heterocycles. The fourth-order valence-corrected chi connectivity index (χ4v) is 3.38. The summed E-state index contributed by atoms with van der Waals surface area (Å²) < 4.78 is 10.8. The van der Waals surface area contributed by atoms with Crippen LogP contribution in [0.3, 0.4) is 0 Å². The number of amides is 3. The molecule has 0 aliphatic heterocycles. The number of non-ortho nitro benzene ring substituents is 1. The first-order valence-corrected chi connectivity index (χ1v) is 11.0. The standard InChI is InChI=1S/C25H28N4O6/c1-19-8-13-23(35-19)17-28(16-20-6-4-3-5-7-20)24(30)18-27(14-15-34-2)25(31)26-21-9-11-22(12-10-21)29(32)33/h3-13H,14-18H2,1-2H3,(H,26,31). The maximum absolute atomic E-state index is 13.4. The van der Waals surface area contributed by atoms with E-state index in [0.717, 1.165) is 11.3 Å². The van der Waals surface area contributed by atoms with Crippen LogP contribution in [0.2, 0.25) is 0 Å². The number of aryl methyl sites for hydroxylation is 1. The van der Waals surface area contributed by atoms with Gasteiger partial charge < -0.3 is 24.3 Å². The number of nitro benzene ring substituents is 1. The molecule has 0 aliphatic rings. The smallest absolute Gasteiger partial charge is 0.322 e. The van der Waals surface area contributed by atoms with Crippen molar-refractivity contribution in [2.24, 2.45) is 0 Å². The molecule has 2 aromatic carbocycles. The zero-order valence-electron chi connectivity index (χ0n) is 19.7. The van der Waals surface area contributed by atoms with Gasteiger partial charge in [0.25, 0.3) is 5.69 Å². The predicted octanol–water partition coefficient (Wildman–Crippen LogP) is 4.21. The summed E-state index contributed by atoms with van der Waals surface area (Å²) in [5.41, 5.74) is 1.24. The number of nitro groups is 1. The number of benzene rings is 2. The van der Waals surface area contributed by atoms with Crippen LogP contribution in [0.4, 0.5) is 16.2 Å². The van der Waals surface area contributed by atoms with Gasteiger partial charge in [-0.25, -0.2) is 4.79 Å². The predicted molar refractivity (Wildman–Crippen MR) is 130 cm³/mol. The van der Waals surface area contributed by atoms with Gasteiger partial charge in [0, 0.05) is 38.0 Å². The first-order chi connectivity index (χ1) is 16.9. The molecule has 0 radical (unpaired) electrons. The Hall–Kier alpha value is -4.18. The number of nitrogens with one attached hydrogen (secondary N) is 1. The monoisotopic (exact) mass is 480 g/mol. The number of furan rings is 1. The Morgan fingerprint density at radius 1 is 1.00 bits per heavy atom. The number of methoxy groups -OCH3 is 1. The molecular formula is C25H28N4O6. The van der Waals surface area contributed by atoms with Gasteiger partial charge in [0.1, 0.15) is 18.1 Å². The number of rotatable bonds is 11. The van der Waals surface area contributed by atoms with Crippen molar-refractivity contribution in [2.45, 2.75) is 20.0 Å². The number of carbonyl (C=O) groups excluding carboxylic acids is 2. The topological polar surface area (TPSA) is 118 Å². The van der Waals surface area contributed by atoms with Crippen LogP contribution >= 0.6 is 0 Å². The number of urea groups is 1. The Balaban J connectivity index is 1.74. The second-order valence-corrected chi connectivity index (χ2v) is 7.90. The fourth-order valence-electron chi connectivity index (χ4n) is 3.38. The second-order valence-electron chi connectivity index (χ2n) is 7.90. The van der Waals surface area contributed by atoms with Crippen LogP contribution in [0.1, 0.15) is 17.1 Å². The van der Waals surface area contributed by atoms with Crippen LogP contribution < -0.4 is 5.32 Å². The number of hydrogen-bond donors (Lipinski definition) is 1. The molecular weight excluding hydrogens is 452 g/mol. The number of hydrogen-bond acceptors (Lipinski definition) is 6. The molecule has 0 bridgehead atoms. The van der Waals surface area contributed by atoms with E-state index in [1.165, 1.54) is 36.3 Å². The normalized spacial score (nSPS) is 10.6. The van der Waals surface area contributed by atoms with Crippen molar-refractivity contribution in [3.05, 3.63) is 93.9 Å².